The molecule has 0 aliphatic rings. The van der Waals surface area contributed by atoms with Crippen LogP contribution < -0.4 is 21.1 Å². The first-order valence-corrected chi connectivity index (χ1v) is 12.3. The number of carbonyl (C=O) groups excluding carboxylic acids is 4. The summed E-state index contributed by atoms with van der Waals surface area (Å²) in [5.41, 5.74) is 5.21. The average molecular weight is 541 g/mol. The number of nitrogens with zero attached hydrogens (tertiary/aromatic N) is 1. The maximum Gasteiger partial charge on any atom is 0.408 e. The summed E-state index contributed by atoms with van der Waals surface area (Å²) in [5.74, 6) is -1.47. The largest absolute Gasteiger partial charge is 0.508 e. The average Bonchev–Trinajstić information content (AvgIpc) is 2.85. The highest BCUT2D eigenvalue weighted by molar-refractivity contribution is 5.99. The number of aromatic hydroxyl groups is 1. The van der Waals surface area contributed by atoms with Gasteiger partial charge in [-0.05, 0) is 69.2 Å². The number of phenolic OH excluding ortho intramolecular Hbond substituents is 1. The van der Waals surface area contributed by atoms with Crippen molar-refractivity contribution >= 4 is 29.5 Å². The molecular weight excluding hydrogens is 504 g/mol. The van der Waals surface area contributed by atoms with E-state index in [2.05, 4.69) is 17.2 Å². The number of rotatable bonds is 12. The Kier molecular flexibility index (Phi) is 10.9. The molecule has 11 nitrogen and oxygen atoms in total. The number of amides is 4. The Morgan fingerprint density at radius 1 is 1.13 bits per heavy atom. The number of hydrogen-bond donors (Lipinski definition) is 4. The van der Waals surface area contributed by atoms with Crippen LogP contribution in [0.1, 0.15) is 45.2 Å². The standard InChI is InChI=1S/C28H36N4O7/c1-6-16-32(26(36)22(14-15-23(29)34)31-27(37)39-28(2,3)4)24(18-8-7-9-20(33)17-18)25(35)30-19-10-12-21(38-5)13-11-19/h6-13,17,22,24,33H,1,14-16H2,2-5H3,(H2,29,34)(H,30,35)(H,31,37). The van der Waals surface area contributed by atoms with Gasteiger partial charge >= 0.3 is 6.09 Å². The molecule has 2 atom stereocenters. The lowest BCUT2D eigenvalue weighted by Crippen LogP contribution is -2.52. The van der Waals surface area contributed by atoms with E-state index in [-0.39, 0.29) is 25.1 Å². The van der Waals surface area contributed by atoms with Gasteiger partial charge in [-0.1, -0.05) is 18.2 Å². The maximum atomic E-state index is 13.9. The number of benzene rings is 2. The first-order chi connectivity index (χ1) is 18.3. The second-order valence-electron chi connectivity index (χ2n) is 9.70. The summed E-state index contributed by atoms with van der Waals surface area (Å²) in [6.45, 7) is 8.60. The van der Waals surface area contributed by atoms with Crippen molar-refractivity contribution in [1.82, 2.24) is 10.2 Å². The van der Waals surface area contributed by atoms with Crippen LogP contribution >= 0.6 is 0 Å². The molecule has 0 aliphatic heterocycles. The number of methoxy groups -OCH3 is 1. The third-order valence-electron chi connectivity index (χ3n) is 5.38. The van der Waals surface area contributed by atoms with E-state index in [4.69, 9.17) is 15.2 Å². The number of carbonyl (C=O) groups is 4. The number of anilines is 1. The molecule has 2 rings (SSSR count). The predicted molar refractivity (Wildman–Crippen MR) is 146 cm³/mol. The zero-order chi connectivity index (χ0) is 29.2. The maximum absolute atomic E-state index is 13.9. The normalized spacial score (nSPS) is 12.4. The summed E-state index contributed by atoms with van der Waals surface area (Å²) in [6, 6.07) is 10.0. The summed E-state index contributed by atoms with van der Waals surface area (Å²) < 4.78 is 10.4. The molecule has 2 aromatic carbocycles. The SMILES string of the molecule is C=CCN(C(=O)C(CCC(N)=O)NC(=O)OC(C)(C)C)C(C(=O)Nc1ccc(OC)cc1)c1cccc(O)c1. The number of alkyl carbamates (subject to hydrolysis) is 1. The van der Waals surface area contributed by atoms with E-state index in [1.165, 1.54) is 30.2 Å². The predicted octanol–water partition coefficient (Wildman–Crippen LogP) is 3.25. The lowest BCUT2D eigenvalue weighted by Gasteiger charge is -2.34. The number of ether oxygens (including phenoxy) is 2. The Morgan fingerprint density at radius 2 is 1.79 bits per heavy atom. The highest BCUT2D eigenvalue weighted by atomic mass is 16.6. The molecule has 2 aromatic rings. The van der Waals surface area contributed by atoms with Crippen molar-refractivity contribution in [2.45, 2.75) is 51.3 Å². The van der Waals surface area contributed by atoms with E-state index in [1.54, 1.807) is 57.2 Å². The van der Waals surface area contributed by atoms with Crippen molar-refractivity contribution in [3.8, 4) is 11.5 Å². The fraction of sp³-hybridized carbons (Fsp3) is 0.357. The molecule has 0 fully saturated rings. The molecular formula is C28H36N4O7. The van der Waals surface area contributed by atoms with Crippen LogP contribution in [0.25, 0.3) is 0 Å². The van der Waals surface area contributed by atoms with E-state index >= 15 is 0 Å². The van der Waals surface area contributed by atoms with Gasteiger partial charge in [0.15, 0.2) is 0 Å². The van der Waals surface area contributed by atoms with Gasteiger partial charge in [-0.3, -0.25) is 14.4 Å². The Labute approximate surface area is 228 Å². The van der Waals surface area contributed by atoms with Crippen LogP contribution in [0.3, 0.4) is 0 Å². The monoisotopic (exact) mass is 540 g/mol. The molecule has 0 aliphatic carbocycles. The van der Waals surface area contributed by atoms with Crippen molar-refractivity contribution in [3.63, 3.8) is 0 Å². The van der Waals surface area contributed by atoms with Crippen molar-refractivity contribution in [2.75, 3.05) is 19.0 Å². The zero-order valence-corrected chi connectivity index (χ0v) is 22.6. The third-order valence-corrected chi connectivity index (χ3v) is 5.38. The van der Waals surface area contributed by atoms with E-state index in [0.29, 0.717) is 17.0 Å². The summed E-state index contributed by atoms with van der Waals surface area (Å²) in [5, 5.41) is 15.4. The van der Waals surface area contributed by atoms with Crippen molar-refractivity contribution in [3.05, 3.63) is 66.7 Å². The minimum absolute atomic E-state index is 0.0989. The molecule has 0 bridgehead atoms. The Bertz CT molecular complexity index is 1180. The summed E-state index contributed by atoms with van der Waals surface area (Å²) >= 11 is 0. The fourth-order valence-corrected chi connectivity index (χ4v) is 3.71. The van der Waals surface area contributed by atoms with Crippen LogP contribution in [0.2, 0.25) is 0 Å². The number of primary amides is 1. The fourth-order valence-electron chi connectivity index (χ4n) is 3.71. The first kappa shape index (κ1) is 30.7. The second kappa shape index (κ2) is 13.8. The molecule has 0 aromatic heterocycles. The van der Waals surface area contributed by atoms with Crippen LogP contribution in [-0.4, -0.2) is 59.1 Å². The summed E-state index contributed by atoms with van der Waals surface area (Å²) in [7, 11) is 1.52. The molecule has 0 saturated heterocycles. The Hall–Kier alpha value is -4.54. The smallest absolute Gasteiger partial charge is 0.408 e. The van der Waals surface area contributed by atoms with Gasteiger partial charge in [0.2, 0.25) is 11.8 Å². The molecule has 0 heterocycles. The third kappa shape index (κ3) is 9.69. The van der Waals surface area contributed by atoms with Gasteiger partial charge in [0, 0.05) is 18.7 Å². The van der Waals surface area contributed by atoms with Crippen LogP contribution in [0.5, 0.6) is 11.5 Å². The van der Waals surface area contributed by atoms with Gasteiger partial charge in [0.1, 0.15) is 29.2 Å². The van der Waals surface area contributed by atoms with E-state index in [1.807, 2.05) is 0 Å². The molecule has 39 heavy (non-hydrogen) atoms. The lowest BCUT2D eigenvalue weighted by molar-refractivity contribution is -0.140. The highest BCUT2D eigenvalue weighted by Crippen LogP contribution is 2.28. The van der Waals surface area contributed by atoms with Gasteiger partial charge in [0.25, 0.3) is 5.91 Å². The number of phenols is 1. The molecule has 0 spiro atoms. The Morgan fingerprint density at radius 3 is 2.33 bits per heavy atom. The van der Waals surface area contributed by atoms with Crippen molar-refractivity contribution in [1.29, 1.82) is 0 Å². The van der Waals surface area contributed by atoms with Crippen LogP contribution in [0.15, 0.2) is 61.2 Å². The molecule has 11 heteroatoms. The van der Waals surface area contributed by atoms with Gasteiger partial charge < -0.3 is 35.8 Å². The van der Waals surface area contributed by atoms with E-state index in [0.717, 1.165) is 0 Å². The van der Waals surface area contributed by atoms with Crippen molar-refractivity contribution in [2.24, 2.45) is 5.73 Å². The molecule has 4 amide bonds. The van der Waals surface area contributed by atoms with Gasteiger partial charge in [0.05, 0.1) is 7.11 Å². The topological polar surface area (TPSA) is 160 Å². The van der Waals surface area contributed by atoms with Gasteiger partial charge in [-0.25, -0.2) is 4.79 Å². The molecule has 5 N–H and O–H groups in total. The van der Waals surface area contributed by atoms with Crippen LogP contribution in [0, 0.1) is 0 Å². The van der Waals surface area contributed by atoms with E-state index < -0.39 is 41.5 Å². The minimum atomic E-state index is -1.25. The van der Waals surface area contributed by atoms with Gasteiger partial charge in [-0.15, -0.1) is 6.58 Å². The Balaban J connectivity index is 2.49. The zero-order valence-electron chi connectivity index (χ0n) is 22.6. The van der Waals surface area contributed by atoms with Crippen LogP contribution in [-0.2, 0) is 19.1 Å². The van der Waals surface area contributed by atoms with Gasteiger partial charge in [-0.2, -0.15) is 0 Å². The first-order valence-electron chi connectivity index (χ1n) is 12.3. The lowest BCUT2D eigenvalue weighted by atomic mass is 10.0. The number of hydrogen-bond acceptors (Lipinski definition) is 7. The highest BCUT2D eigenvalue weighted by Gasteiger charge is 2.36. The number of nitrogens with one attached hydrogen (secondary N) is 2. The summed E-state index contributed by atoms with van der Waals surface area (Å²) in [6.07, 6.45) is 0.213. The molecule has 0 radical (unpaired) electrons. The van der Waals surface area contributed by atoms with Crippen molar-refractivity contribution < 1.29 is 33.8 Å². The molecule has 210 valence electrons. The number of nitrogens with two attached hydrogens (primary N) is 1. The summed E-state index contributed by atoms with van der Waals surface area (Å²) in [4.78, 5) is 52.8. The quantitative estimate of drug-likeness (QED) is 0.301. The van der Waals surface area contributed by atoms with E-state index in [9.17, 15) is 24.3 Å². The molecule has 0 saturated carbocycles. The van der Waals surface area contributed by atoms with Crippen LogP contribution in [0.4, 0.5) is 10.5 Å². The minimum Gasteiger partial charge on any atom is -0.508 e. The molecule has 2 unspecified atom stereocenters. The second-order valence-corrected chi connectivity index (χ2v) is 9.70.